The Bertz CT molecular complexity index is 807. The smallest absolute Gasteiger partial charge is 0.272 e. The zero-order chi connectivity index (χ0) is 18.3. The van der Waals surface area contributed by atoms with Crippen LogP contribution in [-0.2, 0) is 18.2 Å². The summed E-state index contributed by atoms with van der Waals surface area (Å²) in [5.41, 5.74) is 4.49. The molecule has 2 aromatic rings. The van der Waals surface area contributed by atoms with Crippen molar-refractivity contribution in [3.8, 4) is 0 Å². The Labute approximate surface area is 154 Å². The number of fused-ring (bicyclic) bond motifs is 1. The normalized spacial score (nSPS) is 21.0. The van der Waals surface area contributed by atoms with Crippen LogP contribution in [0.4, 0.5) is 0 Å². The Balaban J connectivity index is 1.49. The third-order valence-electron chi connectivity index (χ3n) is 6.17. The van der Waals surface area contributed by atoms with Crippen LogP contribution in [0.3, 0.4) is 0 Å². The number of carbonyl (C=O) groups excluding carboxylic acids is 1. The Morgan fingerprint density at radius 1 is 1.31 bits per heavy atom. The van der Waals surface area contributed by atoms with Crippen molar-refractivity contribution in [2.24, 2.45) is 7.05 Å². The molecule has 0 spiro atoms. The summed E-state index contributed by atoms with van der Waals surface area (Å²) in [6.07, 6.45) is 3.01. The maximum absolute atomic E-state index is 13.1. The fourth-order valence-corrected chi connectivity index (χ4v) is 4.25. The predicted molar refractivity (Wildman–Crippen MR) is 100 cm³/mol. The van der Waals surface area contributed by atoms with E-state index in [-0.39, 0.29) is 11.9 Å². The van der Waals surface area contributed by atoms with Crippen LogP contribution in [0, 0.1) is 0 Å². The summed E-state index contributed by atoms with van der Waals surface area (Å²) in [4.78, 5) is 15.0. The second-order valence-electron chi connectivity index (χ2n) is 7.63. The van der Waals surface area contributed by atoms with Crippen LogP contribution in [0.25, 0.3) is 0 Å². The molecule has 2 aliphatic rings. The van der Waals surface area contributed by atoms with Gasteiger partial charge in [-0.15, -0.1) is 0 Å². The molecule has 2 atom stereocenters. The fraction of sp³-hybridized carbons (Fsp3) is 0.524. The standard InChI is InChI=1S/C21H27N3O2/c1-14(18-12-16-6-4-5-7-17(16)18)23(2)21(25)20-13-19(22-24(20)3)15-8-10-26-11-9-15/h4-7,13-15,18H,8-12H2,1-3H3. The van der Waals surface area contributed by atoms with Gasteiger partial charge < -0.3 is 9.64 Å². The van der Waals surface area contributed by atoms with Crippen LogP contribution in [0.2, 0.25) is 0 Å². The quantitative estimate of drug-likeness (QED) is 0.848. The maximum Gasteiger partial charge on any atom is 0.272 e. The van der Waals surface area contributed by atoms with Crippen molar-refractivity contribution < 1.29 is 9.53 Å². The molecule has 1 aromatic carbocycles. The van der Waals surface area contributed by atoms with E-state index in [1.807, 2.05) is 25.1 Å². The maximum atomic E-state index is 13.1. The molecule has 4 rings (SSSR count). The van der Waals surface area contributed by atoms with Crippen LogP contribution in [0.5, 0.6) is 0 Å². The number of hydrogen-bond acceptors (Lipinski definition) is 3. The first-order valence-electron chi connectivity index (χ1n) is 9.53. The molecular formula is C21H27N3O2. The molecular weight excluding hydrogens is 326 g/mol. The molecule has 5 nitrogen and oxygen atoms in total. The number of benzene rings is 1. The van der Waals surface area contributed by atoms with E-state index in [0.717, 1.165) is 38.2 Å². The lowest BCUT2D eigenvalue weighted by molar-refractivity contribution is 0.0703. The van der Waals surface area contributed by atoms with E-state index in [2.05, 4.69) is 36.3 Å². The molecule has 1 fully saturated rings. The molecule has 2 heterocycles. The first-order chi connectivity index (χ1) is 12.6. The summed E-state index contributed by atoms with van der Waals surface area (Å²) in [7, 11) is 3.78. The SMILES string of the molecule is CC(C1Cc2ccccc21)N(C)C(=O)c1cc(C2CCOCC2)nn1C. The van der Waals surface area contributed by atoms with E-state index in [9.17, 15) is 4.79 Å². The highest BCUT2D eigenvalue weighted by Crippen LogP contribution is 2.39. The summed E-state index contributed by atoms with van der Waals surface area (Å²) in [5.74, 6) is 0.872. The first-order valence-corrected chi connectivity index (χ1v) is 9.53. The number of amides is 1. The van der Waals surface area contributed by atoms with Gasteiger partial charge in [0.2, 0.25) is 0 Å². The molecule has 26 heavy (non-hydrogen) atoms. The number of carbonyl (C=O) groups is 1. The molecule has 138 valence electrons. The van der Waals surface area contributed by atoms with Gasteiger partial charge in [0.1, 0.15) is 5.69 Å². The van der Waals surface area contributed by atoms with Crippen molar-refractivity contribution in [2.45, 2.75) is 44.1 Å². The Hall–Kier alpha value is -2.14. The molecule has 0 radical (unpaired) electrons. The predicted octanol–water partition coefficient (Wildman–Crippen LogP) is 3.11. The van der Waals surface area contributed by atoms with E-state index in [0.29, 0.717) is 17.5 Å². The van der Waals surface area contributed by atoms with E-state index in [1.165, 1.54) is 11.1 Å². The number of rotatable bonds is 4. The van der Waals surface area contributed by atoms with Crippen LogP contribution >= 0.6 is 0 Å². The Morgan fingerprint density at radius 3 is 2.77 bits per heavy atom. The number of nitrogens with zero attached hydrogens (tertiary/aromatic N) is 3. The number of aromatic nitrogens is 2. The minimum Gasteiger partial charge on any atom is -0.381 e. The minimum absolute atomic E-state index is 0.0511. The van der Waals surface area contributed by atoms with Crippen molar-refractivity contribution >= 4 is 5.91 Å². The van der Waals surface area contributed by atoms with Gasteiger partial charge >= 0.3 is 0 Å². The fourth-order valence-electron chi connectivity index (χ4n) is 4.25. The zero-order valence-corrected chi connectivity index (χ0v) is 15.8. The van der Waals surface area contributed by atoms with Crippen molar-refractivity contribution in [3.63, 3.8) is 0 Å². The molecule has 1 aromatic heterocycles. The van der Waals surface area contributed by atoms with Gasteiger partial charge in [-0.25, -0.2) is 0 Å². The van der Waals surface area contributed by atoms with Crippen molar-refractivity contribution in [1.29, 1.82) is 0 Å². The number of ether oxygens (including phenoxy) is 1. The summed E-state index contributed by atoms with van der Waals surface area (Å²) >= 11 is 0. The highest BCUT2D eigenvalue weighted by Gasteiger charge is 2.35. The van der Waals surface area contributed by atoms with E-state index in [4.69, 9.17) is 4.74 Å². The molecule has 2 unspecified atom stereocenters. The Kier molecular flexibility index (Phi) is 4.57. The molecule has 1 aliphatic heterocycles. The topological polar surface area (TPSA) is 47.4 Å². The second kappa shape index (κ2) is 6.88. The highest BCUT2D eigenvalue weighted by molar-refractivity contribution is 5.92. The van der Waals surface area contributed by atoms with Crippen LogP contribution < -0.4 is 0 Å². The van der Waals surface area contributed by atoms with Crippen molar-refractivity contribution in [3.05, 3.63) is 52.8 Å². The van der Waals surface area contributed by atoms with E-state index >= 15 is 0 Å². The van der Waals surface area contributed by atoms with Gasteiger partial charge in [-0.2, -0.15) is 5.10 Å². The number of hydrogen-bond donors (Lipinski definition) is 0. The van der Waals surface area contributed by atoms with E-state index < -0.39 is 0 Å². The molecule has 5 heteroatoms. The molecule has 0 bridgehead atoms. The summed E-state index contributed by atoms with van der Waals surface area (Å²) in [5, 5.41) is 4.63. The summed E-state index contributed by atoms with van der Waals surface area (Å²) < 4.78 is 7.18. The van der Waals surface area contributed by atoms with Gasteiger partial charge in [-0.05, 0) is 43.4 Å². The van der Waals surface area contributed by atoms with Gasteiger partial charge in [-0.3, -0.25) is 9.48 Å². The van der Waals surface area contributed by atoms with E-state index in [1.54, 1.807) is 4.68 Å². The van der Waals surface area contributed by atoms with Gasteiger partial charge in [-0.1, -0.05) is 24.3 Å². The average Bonchev–Trinajstić information content (AvgIpc) is 3.04. The summed E-state index contributed by atoms with van der Waals surface area (Å²) in [6, 6.07) is 10.7. The molecule has 1 aliphatic carbocycles. The molecule has 0 saturated carbocycles. The van der Waals surface area contributed by atoms with Gasteiger partial charge in [0, 0.05) is 45.2 Å². The number of likely N-dealkylation sites (N-methyl/N-ethyl adjacent to an activating group) is 1. The molecule has 1 saturated heterocycles. The second-order valence-corrected chi connectivity index (χ2v) is 7.63. The zero-order valence-electron chi connectivity index (χ0n) is 15.8. The lowest BCUT2D eigenvalue weighted by Gasteiger charge is -2.39. The minimum atomic E-state index is 0.0511. The van der Waals surface area contributed by atoms with Gasteiger partial charge in [0.25, 0.3) is 5.91 Å². The largest absolute Gasteiger partial charge is 0.381 e. The lowest BCUT2D eigenvalue weighted by atomic mass is 9.73. The highest BCUT2D eigenvalue weighted by atomic mass is 16.5. The van der Waals surface area contributed by atoms with Gasteiger partial charge in [0.05, 0.1) is 5.69 Å². The number of aryl methyl sites for hydroxylation is 1. The van der Waals surface area contributed by atoms with Gasteiger partial charge in [0.15, 0.2) is 0 Å². The van der Waals surface area contributed by atoms with Crippen molar-refractivity contribution in [2.75, 3.05) is 20.3 Å². The van der Waals surface area contributed by atoms with Crippen LogP contribution in [-0.4, -0.2) is 46.9 Å². The third-order valence-corrected chi connectivity index (χ3v) is 6.17. The first kappa shape index (κ1) is 17.3. The Morgan fingerprint density at radius 2 is 2.04 bits per heavy atom. The monoisotopic (exact) mass is 353 g/mol. The lowest BCUT2D eigenvalue weighted by Crippen LogP contribution is -2.43. The van der Waals surface area contributed by atoms with Crippen LogP contribution in [0.1, 0.15) is 58.9 Å². The van der Waals surface area contributed by atoms with Crippen LogP contribution in [0.15, 0.2) is 30.3 Å². The van der Waals surface area contributed by atoms with Crippen molar-refractivity contribution in [1.82, 2.24) is 14.7 Å². The average molecular weight is 353 g/mol. The third kappa shape index (κ3) is 2.94. The molecule has 1 amide bonds. The summed E-state index contributed by atoms with van der Waals surface area (Å²) in [6.45, 7) is 3.71. The molecule has 0 N–H and O–H groups in total.